The minimum atomic E-state index is -1.01. The van der Waals surface area contributed by atoms with Crippen LogP contribution in [0.2, 0.25) is 0 Å². The molecule has 0 amide bonds. The van der Waals surface area contributed by atoms with Gasteiger partial charge in [0.05, 0.1) is 12.2 Å². The van der Waals surface area contributed by atoms with Gasteiger partial charge in [-0.3, -0.25) is 4.90 Å². The number of likely N-dealkylation sites (tertiary alicyclic amines) is 1. The summed E-state index contributed by atoms with van der Waals surface area (Å²) in [4.78, 5) is 13.1. The molecule has 2 fully saturated rings. The van der Waals surface area contributed by atoms with Gasteiger partial charge in [0.1, 0.15) is 0 Å². The molecule has 6 nitrogen and oxygen atoms in total. The second-order valence-corrected chi connectivity index (χ2v) is 5.41. The average molecular weight is 250 g/mol. The maximum Gasteiger partial charge on any atom is 0.358 e. The van der Waals surface area contributed by atoms with Crippen LogP contribution in [0.3, 0.4) is 0 Å². The highest BCUT2D eigenvalue weighted by Gasteiger charge is 2.31. The van der Waals surface area contributed by atoms with E-state index in [2.05, 4.69) is 15.2 Å². The minimum absolute atomic E-state index is 0.0317. The third kappa shape index (κ3) is 2.25. The molecule has 1 aromatic heterocycles. The summed E-state index contributed by atoms with van der Waals surface area (Å²) in [5.74, 6) is -0.139. The maximum atomic E-state index is 10.7. The fourth-order valence-corrected chi connectivity index (χ4v) is 2.97. The first-order chi connectivity index (χ1) is 8.72. The van der Waals surface area contributed by atoms with Crippen LogP contribution in [0.4, 0.5) is 0 Å². The van der Waals surface area contributed by atoms with Crippen molar-refractivity contribution in [3.8, 4) is 0 Å². The van der Waals surface area contributed by atoms with Crippen molar-refractivity contribution in [2.45, 2.75) is 31.7 Å². The van der Waals surface area contributed by atoms with Crippen molar-refractivity contribution < 1.29 is 9.90 Å². The van der Waals surface area contributed by atoms with E-state index in [9.17, 15) is 4.79 Å². The number of carboxylic acid groups (broad SMARTS) is 1. The third-order valence-electron chi connectivity index (χ3n) is 4.03. The molecule has 2 heterocycles. The highest BCUT2D eigenvalue weighted by atomic mass is 16.4. The molecule has 1 N–H and O–H groups in total. The van der Waals surface area contributed by atoms with E-state index in [0.717, 1.165) is 19.0 Å². The molecule has 3 rings (SSSR count). The first-order valence-corrected chi connectivity index (χ1v) is 6.60. The Morgan fingerprint density at radius 2 is 2.11 bits per heavy atom. The molecule has 0 atom stereocenters. The van der Waals surface area contributed by atoms with Gasteiger partial charge in [0, 0.05) is 19.6 Å². The lowest BCUT2D eigenvalue weighted by Gasteiger charge is -2.40. The molecule has 0 spiro atoms. The van der Waals surface area contributed by atoms with Crippen molar-refractivity contribution >= 4 is 5.97 Å². The van der Waals surface area contributed by atoms with E-state index in [1.54, 1.807) is 4.68 Å². The Balaban J connectivity index is 1.50. The van der Waals surface area contributed by atoms with Crippen LogP contribution >= 0.6 is 0 Å². The second-order valence-electron chi connectivity index (χ2n) is 5.41. The van der Waals surface area contributed by atoms with Gasteiger partial charge in [-0.05, 0) is 18.8 Å². The van der Waals surface area contributed by atoms with E-state index in [-0.39, 0.29) is 5.69 Å². The fraction of sp³-hybridized carbons (Fsp3) is 0.750. The first-order valence-electron chi connectivity index (χ1n) is 6.60. The number of carbonyl (C=O) groups is 1. The Morgan fingerprint density at radius 3 is 2.72 bits per heavy atom. The Morgan fingerprint density at radius 1 is 1.39 bits per heavy atom. The molecule has 6 heteroatoms. The summed E-state index contributed by atoms with van der Waals surface area (Å²) in [5, 5.41) is 16.3. The molecule has 1 saturated heterocycles. The number of aromatic nitrogens is 3. The average Bonchev–Trinajstić information content (AvgIpc) is 2.94. The summed E-state index contributed by atoms with van der Waals surface area (Å²) in [5.41, 5.74) is 0.0317. The predicted molar refractivity (Wildman–Crippen MR) is 64.4 cm³/mol. The lowest BCUT2D eigenvalue weighted by Crippen LogP contribution is -2.49. The van der Waals surface area contributed by atoms with Gasteiger partial charge in [0.2, 0.25) is 0 Å². The van der Waals surface area contributed by atoms with Crippen LogP contribution in [-0.4, -0.2) is 50.6 Å². The Bertz CT molecular complexity index is 433. The minimum Gasteiger partial charge on any atom is -0.476 e. The normalized spacial score (nSPS) is 22.2. The summed E-state index contributed by atoms with van der Waals surface area (Å²) >= 11 is 0. The van der Waals surface area contributed by atoms with Gasteiger partial charge in [0.25, 0.3) is 0 Å². The highest BCUT2D eigenvalue weighted by Crippen LogP contribution is 2.29. The van der Waals surface area contributed by atoms with E-state index in [0.29, 0.717) is 6.04 Å². The van der Waals surface area contributed by atoms with Crippen LogP contribution in [0.25, 0.3) is 0 Å². The zero-order chi connectivity index (χ0) is 12.5. The largest absolute Gasteiger partial charge is 0.476 e. The van der Waals surface area contributed by atoms with Crippen LogP contribution in [-0.2, 0) is 0 Å². The van der Waals surface area contributed by atoms with Gasteiger partial charge in [0.15, 0.2) is 5.69 Å². The summed E-state index contributed by atoms with van der Waals surface area (Å²) in [7, 11) is 0. The second kappa shape index (κ2) is 4.68. The van der Waals surface area contributed by atoms with E-state index in [4.69, 9.17) is 5.11 Å². The monoisotopic (exact) mass is 250 g/mol. The number of carboxylic acids is 1. The van der Waals surface area contributed by atoms with E-state index < -0.39 is 5.97 Å². The molecule has 0 bridgehead atoms. The first kappa shape index (κ1) is 11.6. The van der Waals surface area contributed by atoms with Crippen LogP contribution < -0.4 is 0 Å². The van der Waals surface area contributed by atoms with Crippen molar-refractivity contribution in [1.82, 2.24) is 19.9 Å². The smallest absolute Gasteiger partial charge is 0.358 e. The van der Waals surface area contributed by atoms with Crippen LogP contribution in [0, 0.1) is 5.92 Å². The van der Waals surface area contributed by atoms with Gasteiger partial charge in [-0.2, -0.15) is 0 Å². The lowest BCUT2D eigenvalue weighted by atomic mass is 10.0. The van der Waals surface area contributed by atoms with Gasteiger partial charge >= 0.3 is 5.97 Å². The molecule has 1 saturated carbocycles. The van der Waals surface area contributed by atoms with Crippen molar-refractivity contribution in [2.75, 3.05) is 19.6 Å². The number of rotatable bonds is 4. The van der Waals surface area contributed by atoms with E-state index in [1.807, 2.05) is 0 Å². The summed E-state index contributed by atoms with van der Waals surface area (Å²) < 4.78 is 1.69. The Hall–Kier alpha value is -1.43. The molecule has 1 aromatic rings. The van der Waals surface area contributed by atoms with Crippen molar-refractivity contribution in [1.29, 1.82) is 0 Å². The van der Waals surface area contributed by atoms with Crippen molar-refractivity contribution in [3.63, 3.8) is 0 Å². The predicted octanol–water partition coefficient (Wildman–Crippen LogP) is 1.02. The molecule has 18 heavy (non-hydrogen) atoms. The molecule has 0 aromatic carbocycles. The van der Waals surface area contributed by atoms with Crippen LogP contribution in [0.1, 0.15) is 42.2 Å². The molecule has 1 aliphatic heterocycles. The molecule has 2 aliphatic rings. The van der Waals surface area contributed by atoms with Gasteiger partial charge in [-0.25, -0.2) is 9.48 Å². The van der Waals surface area contributed by atoms with Crippen molar-refractivity contribution in [2.24, 2.45) is 5.92 Å². The third-order valence-corrected chi connectivity index (χ3v) is 4.03. The molecule has 0 unspecified atom stereocenters. The molecule has 1 aliphatic carbocycles. The van der Waals surface area contributed by atoms with Crippen molar-refractivity contribution in [3.05, 3.63) is 11.9 Å². The lowest BCUT2D eigenvalue weighted by molar-refractivity contribution is 0.0689. The fourth-order valence-electron chi connectivity index (χ4n) is 2.97. The molecular weight excluding hydrogens is 232 g/mol. The number of nitrogens with zero attached hydrogens (tertiary/aromatic N) is 4. The summed E-state index contributed by atoms with van der Waals surface area (Å²) in [6.07, 6.45) is 7.03. The molecule has 0 radical (unpaired) electrons. The summed E-state index contributed by atoms with van der Waals surface area (Å²) in [6.45, 7) is 3.13. The number of aromatic carboxylic acids is 1. The Kier molecular flexibility index (Phi) is 3.03. The van der Waals surface area contributed by atoms with Crippen LogP contribution in [0.15, 0.2) is 6.20 Å². The van der Waals surface area contributed by atoms with Crippen LogP contribution in [0.5, 0.6) is 0 Å². The van der Waals surface area contributed by atoms with Gasteiger partial charge in [-0.1, -0.05) is 18.1 Å². The van der Waals surface area contributed by atoms with E-state index in [1.165, 1.54) is 38.4 Å². The van der Waals surface area contributed by atoms with Gasteiger partial charge in [-0.15, -0.1) is 5.10 Å². The SMILES string of the molecule is O=C(O)c1cn(C2CN(CC3CCCC3)C2)nn1. The molecular formula is C12H18N4O2. The highest BCUT2D eigenvalue weighted by molar-refractivity contribution is 5.84. The maximum absolute atomic E-state index is 10.7. The van der Waals surface area contributed by atoms with E-state index >= 15 is 0 Å². The zero-order valence-corrected chi connectivity index (χ0v) is 10.3. The van der Waals surface area contributed by atoms with Gasteiger partial charge < -0.3 is 5.11 Å². The number of hydrogen-bond acceptors (Lipinski definition) is 4. The summed E-state index contributed by atoms with van der Waals surface area (Å²) in [6, 6.07) is 0.298. The zero-order valence-electron chi connectivity index (χ0n) is 10.3. The molecule has 98 valence electrons. The topological polar surface area (TPSA) is 71.2 Å². The number of hydrogen-bond donors (Lipinski definition) is 1. The Labute approximate surface area is 106 Å². The quantitative estimate of drug-likeness (QED) is 0.864. The standard InChI is InChI=1S/C12H18N4O2/c17-12(18)11-8-16(14-13-11)10-6-15(7-10)5-9-3-1-2-4-9/h8-10H,1-7H2,(H,17,18).